The van der Waals surface area contributed by atoms with E-state index in [1.54, 1.807) is 6.07 Å². The standard InChI is InChI=1S/C18H22F2N4/c1-12-15-11-24(9-6-18(15)22-21-12)13-4-7-23(8-5-13)14-2-3-16(19)17(20)10-14/h2-3,10,13H,4-9,11H2,1H3,(H,21,22). The van der Waals surface area contributed by atoms with Gasteiger partial charge in [0.1, 0.15) is 0 Å². The molecule has 0 aliphatic carbocycles. The summed E-state index contributed by atoms with van der Waals surface area (Å²) < 4.78 is 26.5. The Morgan fingerprint density at radius 1 is 1.12 bits per heavy atom. The lowest BCUT2D eigenvalue weighted by Gasteiger charge is -2.40. The van der Waals surface area contributed by atoms with Crippen LogP contribution in [0.15, 0.2) is 18.2 Å². The van der Waals surface area contributed by atoms with Crippen molar-refractivity contribution < 1.29 is 8.78 Å². The number of aromatic amines is 1. The molecule has 4 nitrogen and oxygen atoms in total. The van der Waals surface area contributed by atoms with E-state index < -0.39 is 11.6 Å². The average Bonchev–Trinajstić information content (AvgIpc) is 2.98. The molecule has 2 aliphatic rings. The third-order valence-corrected chi connectivity index (χ3v) is 5.41. The van der Waals surface area contributed by atoms with Crippen LogP contribution in [0.4, 0.5) is 14.5 Å². The Hall–Kier alpha value is -1.95. The Kier molecular flexibility index (Phi) is 4.00. The van der Waals surface area contributed by atoms with Crippen LogP contribution in [0, 0.1) is 18.6 Å². The van der Waals surface area contributed by atoms with Crippen LogP contribution in [-0.2, 0) is 13.0 Å². The summed E-state index contributed by atoms with van der Waals surface area (Å²) in [5, 5.41) is 7.47. The molecule has 3 heterocycles. The van der Waals surface area contributed by atoms with Crippen LogP contribution >= 0.6 is 0 Å². The van der Waals surface area contributed by atoms with Gasteiger partial charge in [0.05, 0.1) is 5.69 Å². The van der Waals surface area contributed by atoms with Crippen molar-refractivity contribution in [3.63, 3.8) is 0 Å². The molecular formula is C18H22F2N4. The van der Waals surface area contributed by atoms with Crippen molar-refractivity contribution in [1.82, 2.24) is 15.1 Å². The summed E-state index contributed by atoms with van der Waals surface area (Å²) in [6.07, 6.45) is 3.10. The molecule has 0 atom stereocenters. The van der Waals surface area contributed by atoms with Crippen molar-refractivity contribution in [2.75, 3.05) is 24.5 Å². The van der Waals surface area contributed by atoms with Gasteiger partial charge < -0.3 is 4.90 Å². The molecule has 128 valence electrons. The van der Waals surface area contributed by atoms with E-state index in [-0.39, 0.29) is 0 Å². The van der Waals surface area contributed by atoms with E-state index in [1.165, 1.54) is 29.1 Å². The van der Waals surface area contributed by atoms with Gasteiger partial charge in [-0.2, -0.15) is 5.10 Å². The summed E-state index contributed by atoms with van der Waals surface area (Å²) in [4.78, 5) is 4.70. The van der Waals surface area contributed by atoms with E-state index in [0.717, 1.165) is 51.1 Å². The Morgan fingerprint density at radius 2 is 1.92 bits per heavy atom. The minimum atomic E-state index is -0.784. The second-order valence-electron chi connectivity index (χ2n) is 6.81. The minimum Gasteiger partial charge on any atom is -0.371 e. The van der Waals surface area contributed by atoms with Crippen LogP contribution in [0.25, 0.3) is 0 Å². The maximum Gasteiger partial charge on any atom is 0.160 e. The molecule has 2 aromatic rings. The number of hydrogen-bond donors (Lipinski definition) is 1. The Labute approximate surface area is 140 Å². The predicted octanol–water partition coefficient (Wildman–Crippen LogP) is 3.02. The molecule has 0 spiro atoms. The van der Waals surface area contributed by atoms with Crippen molar-refractivity contribution >= 4 is 5.69 Å². The third-order valence-electron chi connectivity index (χ3n) is 5.41. The van der Waals surface area contributed by atoms with Crippen molar-refractivity contribution in [2.24, 2.45) is 0 Å². The number of benzene rings is 1. The van der Waals surface area contributed by atoms with Crippen molar-refractivity contribution in [2.45, 2.75) is 38.8 Å². The first-order chi connectivity index (χ1) is 11.6. The lowest BCUT2D eigenvalue weighted by atomic mass is 9.98. The summed E-state index contributed by atoms with van der Waals surface area (Å²) in [5.41, 5.74) is 4.51. The minimum absolute atomic E-state index is 0.550. The molecule has 24 heavy (non-hydrogen) atoms. The number of nitrogens with one attached hydrogen (secondary N) is 1. The molecular weight excluding hydrogens is 310 g/mol. The number of piperidine rings is 1. The fourth-order valence-electron chi connectivity index (χ4n) is 3.93. The Bertz CT molecular complexity index is 735. The normalized spacial score (nSPS) is 19.5. The lowest BCUT2D eigenvalue weighted by Crippen LogP contribution is -2.46. The lowest BCUT2D eigenvalue weighted by molar-refractivity contribution is 0.152. The van der Waals surface area contributed by atoms with Crippen LogP contribution in [0.1, 0.15) is 29.8 Å². The number of anilines is 1. The van der Waals surface area contributed by atoms with E-state index in [4.69, 9.17) is 0 Å². The molecule has 1 aromatic carbocycles. The predicted molar refractivity (Wildman–Crippen MR) is 89.0 cm³/mol. The Morgan fingerprint density at radius 3 is 2.67 bits per heavy atom. The van der Waals surface area contributed by atoms with Gasteiger partial charge in [-0.05, 0) is 31.9 Å². The van der Waals surface area contributed by atoms with Crippen LogP contribution in [0.2, 0.25) is 0 Å². The van der Waals surface area contributed by atoms with Gasteiger partial charge in [0.15, 0.2) is 11.6 Å². The number of fused-ring (bicyclic) bond motifs is 1. The van der Waals surface area contributed by atoms with Crippen molar-refractivity contribution in [3.8, 4) is 0 Å². The van der Waals surface area contributed by atoms with Crippen LogP contribution in [-0.4, -0.2) is 40.8 Å². The van der Waals surface area contributed by atoms with E-state index in [9.17, 15) is 8.78 Å². The van der Waals surface area contributed by atoms with Gasteiger partial charge >= 0.3 is 0 Å². The molecule has 0 unspecified atom stereocenters. The molecule has 0 saturated carbocycles. The summed E-state index contributed by atoms with van der Waals surface area (Å²) >= 11 is 0. The molecule has 6 heteroatoms. The first kappa shape index (κ1) is 15.6. The highest BCUT2D eigenvalue weighted by Gasteiger charge is 2.29. The monoisotopic (exact) mass is 332 g/mol. The molecule has 1 N–H and O–H groups in total. The van der Waals surface area contributed by atoms with Gasteiger partial charge in [-0.25, -0.2) is 8.78 Å². The zero-order valence-electron chi connectivity index (χ0n) is 13.9. The van der Waals surface area contributed by atoms with Gasteiger partial charge in [-0.1, -0.05) is 0 Å². The zero-order chi connectivity index (χ0) is 16.7. The van der Waals surface area contributed by atoms with Crippen LogP contribution in [0.3, 0.4) is 0 Å². The highest BCUT2D eigenvalue weighted by molar-refractivity contribution is 5.47. The molecule has 0 bridgehead atoms. The molecule has 4 rings (SSSR count). The highest BCUT2D eigenvalue weighted by atomic mass is 19.2. The number of halogens is 2. The largest absolute Gasteiger partial charge is 0.371 e. The first-order valence-electron chi connectivity index (χ1n) is 8.58. The maximum absolute atomic E-state index is 13.4. The van der Waals surface area contributed by atoms with E-state index in [2.05, 4.69) is 26.9 Å². The topological polar surface area (TPSA) is 35.2 Å². The Balaban J connectivity index is 1.40. The quantitative estimate of drug-likeness (QED) is 0.918. The molecule has 2 aliphatic heterocycles. The second kappa shape index (κ2) is 6.16. The number of rotatable bonds is 2. The summed E-state index contributed by atoms with van der Waals surface area (Å²) in [7, 11) is 0. The smallest absolute Gasteiger partial charge is 0.160 e. The van der Waals surface area contributed by atoms with Gasteiger partial charge in [0.2, 0.25) is 0 Å². The highest BCUT2D eigenvalue weighted by Crippen LogP contribution is 2.28. The number of H-pyrrole nitrogens is 1. The van der Waals surface area contributed by atoms with Gasteiger partial charge in [0, 0.05) is 61.7 Å². The van der Waals surface area contributed by atoms with Crippen LogP contribution in [0.5, 0.6) is 0 Å². The zero-order valence-corrected chi connectivity index (χ0v) is 13.9. The molecule has 1 aromatic heterocycles. The SMILES string of the molecule is Cc1[nH]nc2c1CN(C1CCN(c3ccc(F)c(F)c3)CC1)CC2. The average molecular weight is 332 g/mol. The van der Waals surface area contributed by atoms with E-state index >= 15 is 0 Å². The maximum atomic E-state index is 13.4. The van der Waals surface area contributed by atoms with E-state index in [0.29, 0.717) is 6.04 Å². The number of aromatic nitrogens is 2. The molecule has 0 amide bonds. The fourth-order valence-corrected chi connectivity index (χ4v) is 3.93. The number of aryl methyl sites for hydroxylation is 1. The molecule has 1 fully saturated rings. The number of nitrogens with zero attached hydrogens (tertiary/aromatic N) is 3. The summed E-state index contributed by atoms with van der Waals surface area (Å²) in [5.74, 6) is -1.55. The fraction of sp³-hybridized carbons (Fsp3) is 0.500. The first-order valence-corrected chi connectivity index (χ1v) is 8.58. The second-order valence-corrected chi connectivity index (χ2v) is 6.81. The van der Waals surface area contributed by atoms with Crippen molar-refractivity contribution in [3.05, 3.63) is 46.8 Å². The van der Waals surface area contributed by atoms with E-state index in [1.807, 2.05) is 0 Å². The van der Waals surface area contributed by atoms with Crippen LogP contribution < -0.4 is 4.90 Å². The summed E-state index contributed by atoms with van der Waals surface area (Å²) in [6, 6.07) is 4.73. The molecule has 1 saturated heterocycles. The van der Waals surface area contributed by atoms with Gasteiger partial charge in [0.25, 0.3) is 0 Å². The van der Waals surface area contributed by atoms with Crippen molar-refractivity contribution in [1.29, 1.82) is 0 Å². The third kappa shape index (κ3) is 2.79. The summed E-state index contributed by atoms with van der Waals surface area (Å²) in [6.45, 7) is 5.86. The molecule has 0 radical (unpaired) electrons. The van der Waals surface area contributed by atoms with Gasteiger partial charge in [-0.15, -0.1) is 0 Å². The van der Waals surface area contributed by atoms with Gasteiger partial charge in [-0.3, -0.25) is 10.00 Å². The number of hydrogen-bond acceptors (Lipinski definition) is 3.